The van der Waals surface area contributed by atoms with E-state index < -0.39 is 0 Å². The third-order valence-electron chi connectivity index (χ3n) is 5.87. The van der Waals surface area contributed by atoms with Gasteiger partial charge in [-0.05, 0) is 57.4 Å². The average molecular weight is 317 g/mol. The number of hydrogen-bond acceptors (Lipinski definition) is 2. The van der Waals surface area contributed by atoms with Gasteiger partial charge in [0.2, 0.25) is 0 Å². The number of rotatable bonds is 5. The quantitative estimate of drug-likeness (QED) is 0.810. The fraction of sp³-hybridized carbons (Fsp3) is 0.789. The van der Waals surface area contributed by atoms with E-state index in [1.165, 1.54) is 32.1 Å². The Hall–Kier alpha value is -1.32. The number of aryl methyl sites for hydroxylation is 1. The van der Waals surface area contributed by atoms with Crippen LogP contribution >= 0.6 is 0 Å². The lowest BCUT2D eigenvalue weighted by Gasteiger charge is -2.30. The SMILES string of the molecule is CCC(CC)n1nc(C)cc1C(=O)N1CCCC1C1CCCC1. The van der Waals surface area contributed by atoms with Gasteiger partial charge in [-0.2, -0.15) is 5.10 Å². The van der Waals surface area contributed by atoms with Crippen molar-refractivity contribution in [3.63, 3.8) is 0 Å². The van der Waals surface area contributed by atoms with Crippen LogP contribution in [0.15, 0.2) is 6.07 Å². The number of aromatic nitrogens is 2. The molecule has 1 aromatic rings. The van der Waals surface area contributed by atoms with Gasteiger partial charge >= 0.3 is 0 Å². The number of carbonyl (C=O) groups excluding carboxylic acids is 1. The second kappa shape index (κ2) is 7.06. The maximum atomic E-state index is 13.2. The van der Waals surface area contributed by atoms with Crippen molar-refractivity contribution in [3.05, 3.63) is 17.5 Å². The van der Waals surface area contributed by atoms with E-state index in [1.807, 2.05) is 17.7 Å². The molecule has 1 aromatic heterocycles. The molecule has 3 rings (SSSR count). The van der Waals surface area contributed by atoms with Gasteiger partial charge in [0.25, 0.3) is 5.91 Å². The van der Waals surface area contributed by atoms with Crippen LogP contribution < -0.4 is 0 Å². The minimum Gasteiger partial charge on any atom is -0.334 e. The molecule has 4 heteroatoms. The molecule has 1 aliphatic heterocycles. The highest BCUT2D eigenvalue weighted by Gasteiger charge is 2.37. The molecule has 0 spiro atoms. The molecule has 23 heavy (non-hydrogen) atoms. The number of carbonyl (C=O) groups is 1. The van der Waals surface area contributed by atoms with Crippen molar-refractivity contribution >= 4 is 5.91 Å². The van der Waals surface area contributed by atoms with Crippen molar-refractivity contribution in [2.24, 2.45) is 5.92 Å². The van der Waals surface area contributed by atoms with Gasteiger partial charge in [-0.15, -0.1) is 0 Å². The number of likely N-dealkylation sites (tertiary alicyclic amines) is 1. The molecule has 1 atom stereocenters. The van der Waals surface area contributed by atoms with E-state index in [0.717, 1.165) is 43.1 Å². The highest BCUT2D eigenvalue weighted by atomic mass is 16.2. The Morgan fingerprint density at radius 3 is 2.57 bits per heavy atom. The van der Waals surface area contributed by atoms with Crippen LogP contribution in [0.2, 0.25) is 0 Å². The summed E-state index contributed by atoms with van der Waals surface area (Å²) in [5, 5.41) is 4.64. The van der Waals surface area contributed by atoms with Gasteiger partial charge in [0.1, 0.15) is 5.69 Å². The summed E-state index contributed by atoms with van der Waals surface area (Å²) in [6.45, 7) is 7.27. The third-order valence-corrected chi connectivity index (χ3v) is 5.87. The van der Waals surface area contributed by atoms with Crippen molar-refractivity contribution in [2.45, 2.75) is 84.2 Å². The molecule has 2 heterocycles. The van der Waals surface area contributed by atoms with Crippen LogP contribution in [0.1, 0.15) is 87.4 Å². The predicted octanol–water partition coefficient (Wildman–Crippen LogP) is 4.35. The molecule has 2 fully saturated rings. The average Bonchev–Trinajstić information content (AvgIpc) is 3.27. The molecule has 1 amide bonds. The Balaban J connectivity index is 1.84. The second-order valence-electron chi connectivity index (χ2n) is 7.34. The Morgan fingerprint density at radius 2 is 1.91 bits per heavy atom. The van der Waals surface area contributed by atoms with Crippen LogP contribution in [-0.2, 0) is 0 Å². The molecule has 0 aromatic carbocycles. The van der Waals surface area contributed by atoms with Gasteiger partial charge in [0.15, 0.2) is 0 Å². The van der Waals surface area contributed by atoms with E-state index >= 15 is 0 Å². The molecule has 1 aliphatic carbocycles. The van der Waals surface area contributed by atoms with Crippen LogP contribution in [0.3, 0.4) is 0 Å². The normalized spacial score (nSPS) is 22.4. The highest BCUT2D eigenvalue weighted by Crippen LogP contribution is 2.36. The number of hydrogen-bond donors (Lipinski definition) is 0. The predicted molar refractivity (Wildman–Crippen MR) is 92.6 cm³/mol. The lowest BCUT2D eigenvalue weighted by molar-refractivity contribution is 0.0673. The van der Waals surface area contributed by atoms with Gasteiger partial charge in [0, 0.05) is 12.6 Å². The maximum absolute atomic E-state index is 13.2. The largest absolute Gasteiger partial charge is 0.334 e. The minimum absolute atomic E-state index is 0.215. The molecule has 0 N–H and O–H groups in total. The van der Waals surface area contributed by atoms with Gasteiger partial charge in [-0.1, -0.05) is 26.7 Å². The fourth-order valence-electron chi connectivity index (χ4n) is 4.61. The summed E-state index contributed by atoms with van der Waals surface area (Å²) in [6, 6.07) is 2.79. The number of nitrogens with zero attached hydrogens (tertiary/aromatic N) is 3. The summed E-state index contributed by atoms with van der Waals surface area (Å²) < 4.78 is 2.00. The topological polar surface area (TPSA) is 38.1 Å². The van der Waals surface area contributed by atoms with Crippen LogP contribution in [0.4, 0.5) is 0 Å². The lowest BCUT2D eigenvalue weighted by atomic mass is 9.96. The molecule has 1 saturated heterocycles. The van der Waals surface area contributed by atoms with Gasteiger partial charge in [0.05, 0.1) is 11.7 Å². The smallest absolute Gasteiger partial charge is 0.272 e. The molecular formula is C19H31N3O. The zero-order chi connectivity index (χ0) is 16.4. The van der Waals surface area contributed by atoms with Crippen molar-refractivity contribution in [1.29, 1.82) is 0 Å². The lowest BCUT2D eigenvalue weighted by Crippen LogP contribution is -2.40. The Morgan fingerprint density at radius 1 is 1.22 bits per heavy atom. The Kier molecular flexibility index (Phi) is 5.08. The molecule has 1 unspecified atom stereocenters. The summed E-state index contributed by atoms with van der Waals surface area (Å²) in [7, 11) is 0. The van der Waals surface area contributed by atoms with Crippen molar-refractivity contribution in [3.8, 4) is 0 Å². The summed E-state index contributed by atoms with van der Waals surface area (Å²) in [5.41, 5.74) is 1.76. The first-order valence-electron chi connectivity index (χ1n) is 9.52. The van der Waals surface area contributed by atoms with Crippen LogP contribution in [0.25, 0.3) is 0 Å². The first-order valence-corrected chi connectivity index (χ1v) is 9.52. The van der Waals surface area contributed by atoms with Crippen LogP contribution in [-0.4, -0.2) is 33.2 Å². The second-order valence-corrected chi connectivity index (χ2v) is 7.34. The number of amides is 1. The van der Waals surface area contributed by atoms with E-state index in [-0.39, 0.29) is 5.91 Å². The molecule has 1 saturated carbocycles. The van der Waals surface area contributed by atoms with E-state index in [2.05, 4.69) is 23.8 Å². The summed E-state index contributed by atoms with van der Waals surface area (Å²) in [4.78, 5) is 15.4. The zero-order valence-corrected chi connectivity index (χ0v) is 14.9. The van der Waals surface area contributed by atoms with E-state index in [1.54, 1.807) is 0 Å². The molecule has 128 valence electrons. The van der Waals surface area contributed by atoms with Gasteiger partial charge in [-0.25, -0.2) is 0 Å². The molecule has 0 radical (unpaired) electrons. The Bertz CT molecular complexity index is 541. The van der Waals surface area contributed by atoms with E-state index in [9.17, 15) is 4.79 Å². The first kappa shape index (κ1) is 16.5. The summed E-state index contributed by atoms with van der Waals surface area (Å²) in [5.74, 6) is 0.943. The molecule has 4 nitrogen and oxygen atoms in total. The van der Waals surface area contributed by atoms with Crippen LogP contribution in [0, 0.1) is 12.8 Å². The maximum Gasteiger partial charge on any atom is 0.272 e. The molecule has 0 bridgehead atoms. The van der Waals surface area contributed by atoms with Crippen molar-refractivity contribution in [2.75, 3.05) is 6.54 Å². The van der Waals surface area contributed by atoms with Gasteiger partial charge in [-0.3, -0.25) is 9.48 Å². The highest BCUT2D eigenvalue weighted by molar-refractivity contribution is 5.93. The zero-order valence-electron chi connectivity index (χ0n) is 14.9. The van der Waals surface area contributed by atoms with Crippen LogP contribution in [0.5, 0.6) is 0 Å². The molecule has 2 aliphatic rings. The van der Waals surface area contributed by atoms with Gasteiger partial charge < -0.3 is 4.90 Å². The standard InChI is InChI=1S/C19H31N3O/c1-4-16(5-2)22-18(13-14(3)20-22)19(23)21-12-8-11-17(21)15-9-6-7-10-15/h13,15-17H,4-12H2,1-3H3. The Labute approximate surface area is 140 Å². The fourth-order valence-corrected chi connectivity index (χ4v) is 4.61. The monoisotopic (exact) mass is 317 g/mol. The van der Waals surface area contributed by atoms with Crippen molar-refractivity contribution < 1.29 is 4.79 Å². The molecular weight excluding hydrogens is 286 g/mol. The van der Waals surface area contributed by atoms with E-state index in [0.29, 0.717) is 12.1 Å². The minimum atomic E-state index is 0.215. The third kappa shape index (κ3) is 3.17. The van der Waals surface area contributed by atoms with E-state index in [4.69, 9.17) is 0 Å². The summed E-state index contributed by atoms with van der Waals surface area (Å²) in [6.07, 6.45) is 9.67. The van der Waals surface area contributed by atoms with Crippen molar-refractivity contribution in [1.82, 2.24) is 14.7 Å². The first-order chi connectivity index (χ1) is 11.2. The summed E-state index contributed by atoms with van der Waals surface area (Å²) >= 11 is 0.